The number of hydrogen-bond acceptors (Lipinski definition) is 5. The van der Waals surface area contributed by atoms with Crippen LogP contribution in [0.5, 0.6) is 0 Å². The first-order valence-electron chi connectivity index (χ1n) is 5.39. The molecule has 0 aliphatic heterocycles. The van der Waals surface area contributed by atoms with Crippen LogP contribution in [0.1, 0.15) is 26.6 Å². The van der Waals surface area contributed by atoms with Gasteiger partial charge in [-0.15, -0.1) is 11.3 Å². The van der Waals surface area contributed by atoms with E-state index in [1.54, 1.807) is 18.4 Å². The van der Waals surface area contributed by atoms with Crippen molar-refractivity contribution in [3.05, 3.63) is 39.3 Å². The lowest BCUT2D eigenvalue weighted by molar-refractivity contribution is 0.0702. The molecule has 96 valence electrons. The van der Waals surface area contributed by atoms with E-state index in [0.29, 0.717) is 16.1 Å². The first-order valence-corrected chi connectivity index (χ1v) is 7.09. The summed E-state index contributed by atoms with van der Waals surface area (Å²) in [6.07, 6.45) is 0. The molecule has 0 spiro atoms. The fraction of sp³-hybridized carbons (Fsp3) is 0.154. The van der Waals surface area contributed by atoms with Crippen molar-refractivity contribution < 1.29 is 9.90 Å². The number of carboxylic acid groups (broad SMARTS) is 1. The third-order valence-electron chi connectivity index (χ3n) is 2.42. The Morgan fingerprint density at radius 3 is 2.79 bits per heavy atom. The van der Waals surface area contributed by atoms with Crippen molar-refractivity contribution in [2.24, 2.45) is 0 Å². The van der Waals surface area contributed by atoms with Gasteiger partial charge < -0.3 is 5.11 Å². The zero-order valence-electron chi connectivity index (χ0n) is 10.3. The fourth-order valence-electron chi connectivity index (χ4n) is 1.62. The molecule has 0 saturated carbocycles. The normalized spacial score (nSPS) is 10.2. The van der Waals surface area contributed by atoms with E-state index in [0.717, 1.165) is 15.5 Å². The molecule has 0 unspecified atom stereocenters. The van der Waals surface area contributed by atoms with Crippen molar-refractivity contribution in [1.82, 2.24) is 4.98 Å². The van der Waals surface area contributed by atoms with Gasteiger partial charge in [-0.25, -0.2) is 4.79 Å². The molecule has 0 bridgehead atoms. The van der Waals surface area contributed by atoms with Crippen LogP contribution in [0.15, 0.2) is 27.3 Å². The fourth-order valence-corrected chi connectivity index (χ4v) is 3.59. The summed E-state index contributed by atoms with van der Waals surface area (Å²) < 4.78 is 0. The highest BCUT2D eigenvalue weighted by Gasteiger charge is 2.12. The van der Waals surface area contributed by atoms with Crippen LogP contribution >= 0.6 is 23.1 Å². The molecular formula is C13H10N2O2S2. The van der Waals surface area contributed by atoms with Gasteiger partial charge in [-0.05, 0) is 26.0 Å². The summed E-state index contributed by atoms with van der Waals surface area (Å²) in [6.45, 7) is 3.67. The second kappa shape index (κ2) is 5.43. The van der Waals surface area contributed by atoms with Crippen molar-refractivity contribution >= 4 is 29.1 Å². The number of rotatable bonds is 3. The number of carboxylic acids is 1. The maximum absolute atomic E-state index is 10.8. The number of aromatic nitrogens is 1. The smallest absolute Gasteiger partial charge is 0.345 e. The van der Waals surface area contributed by atoms with Crippen LogP contribution in [0.25, 0.3) is 0 Å². The van der Waals surface area contributed by atoms with Crippen molar-refractivity contribution in [2.75, 3.05) is 0 Å². The number of thiophene rings is 1. The lowest BCUT2D eigenvalue weighted by Gasteiger charge is -2.06. The van der Waals surface area contributed by atoms with Gasteiger partial charge in [0.2, 0.25) is 0 Å². The summed E-state index contributed by atoms with van der Waals surface area (Å²) in [4.78, 5) is 17.0. The third-order valence-corrected chi connectivity index (χ3v) is 4.50. The molecule has 0 atom stereocenters. The van der Waals surface area contributed by atoms with Crippen LogP contribution in [0.4, 0.5) is 0 Å². The van der Waals surface area contributed by atoms with Crippen molar-refractivity contribution in [2.45, 2.75) is 23.6 Å². The number of carbonyl (C=O) groups is 1. The Hall–Kier alpha value is -1.84. The Kier molecular flexibility index (Phi) is 3.88. The van der Waals surface area contributed by atoms with Crippen LogP contribution < -0.4 is 0 Å². The Balaban J connectivity index is 2.37. The van der Waals surface area contributed by atoms with Gasteiger partial charge in [0.25, 0.3) is 0 Å². The Morgan fingerprint density at radius 2 is 2.21 bits per heavy atom. The van der Waals surface area contributed by atoms with E-state index in [1.165, 1.54) is 23.1 Å². The van der Waals surface area contributed by atoms with Crippen LogP contribution in [-0.2, 0) is 0 Å². The molecule has 2 aromatic rings. The Labute approximate surface area is 118 Å². The highest BCUT2D eigenvalue weighted by molar-refractivity contribution is 7.99. The van der Waals surface area contributed by atoms with Crippen LogP contribution in [0.3, 0.4) is 0 Å². The third kappa shape index (κ3) is 2.95. The molecule has 6 heteroatoms. The van der Waals surface area contributed by atoms with Gasteiger partial charge in [0.05, 0.1) is 11.3 Å². The monoisotopic (exact) mass is 290 g/mol. The average molecular weight is 290 g/mol. The Morgan fingerprint density at radius 1 is 1.47 bits per heavy atom. The molecular weight excluding hydrogens is 280 g/mol. The number of hydrogen-bond donors (Lipinski definition) is 1. The van der Waals surface area contributed by atoms with Crippen molar-refractivity contribution in [3.8, 4) is 6.07 Å². The predicted molar refractivity (Wildman–Crippen MR) is 73.8 cm³/mol. The van der Waals surface area contributed by atoms with Gasteiger partial charge in [0.1, 0.15) is 10.9 Å². The summed E-state index contributed by atoms with van der Waals surface area (Å²) in [5.74, 6) is -0.931. The molecule has 0 fully saturated rings. The summed E-state index contributed by atoms with van der Waals surface area (Å²) in [6, 6.07) is 5.60. The van der Waals surface area contributed by atoms with Gasteiger partial charge in [0.15, 0.2) is 0 Å². The highest BCUT2D eigenvalue weighted by Crippen LogP contribution is 2.34. The van der Waals surface area contributed by atoms with Crippen LogP contribution in [0, 0.1) is 25.2 Å². The molecule has 0 aromatic carbocycles. The van der Waals surface area contributed by atoms with Crippen molar-refractivity contribution in [3.63, 3.8) is 0 Å². The van der Waals surface area contributed by atoms with E-state index < -0.39 is 5.97 Å². The van der Waals surface area contributed by atoms with E-state index in [2.05, 4.69) is 11.1 Å². The van der Waals surface area contributed by atoms with Crippen LogP contribution in [0.2, 0.25) is 0 Å². The standard InChI is InChI=1S/C13H10N2O2S2/c1-7-3-11(10(5-14)8(2)15-7)19-9-4-12(13(16)17)18-6-9/h3-4,6H,1-2H3,(H,16,17). The quantitative estimate of drug-likeness (QED) is 0.936. The summed E-state index contributed by atoms with van der Waals surface area (Å²) in [5.41, 5.74) is 2.07. The molecule has 0 amide bonds. The maximum Gasteiger partial charge on any atom is 0.345 e. The SMILES string of the molecule is Cc1cc(Sc2csc(C(=O)O)c2)c(C#N)c(C)n1. The number of aromatic carboxylic acids is 1. The molecule has 2 rings (SSSR count). The molecule has 2 heterocycles. The van der Waals surface area contributed by atoms with Gasteiger partial charge >= 0.3 is 5.97 Å². The van der Waals surface area contributed by atoms with Gasteiger partial charge in [-0.3, -0.25) is 4.98 Å². The second-order valence-corrected chi connectivity index (χ2v) is 5.91. The van der Waals surface area contributed by atoms with Gasteiger partial charge in [-0.2, -0.15) is 5.26 Å². The number of nitrogens with zero attached hydrogens (tertiary/aromatic N) is 2. The molecule has 0 saturated heterocycles. The maximum atomic E-state index is 10.8. The topological polar surface area (TPSA) is 74.0 Å². The Bertz CT molecular complexity index is 686. The number of nitriles is 1. The largest absolute Gasteiger partial charge is 0.477 e. The van der Waals surface area contributed by atoms with Gasteiger partial charge in [-0.1, -0.05) is 11.8 Å². The minimum atomic E-state index is -0.931. The summed E-state index contributed by atoms with van der Waals surface area (Å²) >= 11 is 2.57. The molecule has 0 radical (unpaired) electrons. The number of pyridine rings is 1. The molecule has 1 N–H and O–H groups in total. The lowest BCUT2D eigenvalue weighted by atomic mass is 10.2. The van der Waals surface area contributed by atoms with E-state index >= 15 is 0 Å². The number of aryl methyl sites for hydroxylation is 2. The average Bonchev–Trinajstić information content (AvgIpc) is 2.77. The predicted octanol–water partition coefficient (Wildman–Crippen LogP) is 3.48. The van der Waals surface area contributed by atoms with E-state index in [9.17, 15) is 4.79 Å². The molecule has 0 aliphatic rings. The minimum Gasteiger partial charge on any atom is -0.477 e. The molecule has 4 nitrogen and oxygen atoms in total. The second-order valence-electron chi connectivity index (χ2n) is 3.89. The highest BCUT2D eigenvalue weighted by atomic mass is 32.2. The molecule has 19 heavy (non-hydrogen) atoms. The zero-order chi connectivity index (χ0) is 14.0. The van der Waals surface area contributed by atoms with Crippen LogP contribution in [-0.4, -0.2) is 16.1 Å². The molecule has 0 aliphatic carbocycles. The zero-order valence-corrected chi connectivity index (χ0v) is 11.9. The first kappa shape index (κ1) is 13.6. The van der Waals surface area contributed by atoms with Crippen molar-refractivity contribution in [1.29, 1.82) is 5.26 Å². The summed E-state index contributed by atoms with van der Waals surface area (Å²) in [5, 5.41) is 19.8. The van der Waals surface area contributed by atoms with Gasteiger partial charge in [0, 0.05) is 20.9 Å². The first-order chi connectivity index (χ1) is 9.01. The minimum absolute atomic E-state index is 0.295. The van der Waals surface area contributed by atoms with E-state index in [1.807, 2.05) is 13.0 Å². The summed E-state index contributed by atoms with van der Waals surface area (Å²) in [7, 11) is 0. The molecule has 2 aromatic heterocycles. The van der Waals surface area contributed by atoms with E-state index in [4.69, 9.17) is 10.4 Å². The van der Waals surface area contributed by atoms with E-state index in [-0.39, 0.29) is 0 Å². The lowest BCUT2D eigenvalue weighted by Crippen LogP contribution is -1.94.